The second kappa shape index (κ2) is 4.51. The van der Waals surface area contributed by atoms with Crippen LogP contribution in [-0.2, 0) is 14.3 Å². The average Bonchev–Trinajstić information content (AvgIpc) is 2.01. The number of methoxy groups -OCH3 is 1. The van der Waals surface area contributed by atoms with Crippen molar-refractivity contribution < 1.29 is 14.3 Å². The fourth-order valence-electron chi connectivity index (χ4n) is 0.366. The van der Waals surface area contributed by atoms with Crippen molar-refractivity contribution in [1.82, 2.24) is 0 Å². The molecule has 0 aromatic rings. The molecular weight excluding hydrogens is 250 g/mol. The Morgan fingerprint density at radius 2 is 1.75 bits per heavy atom. The normalized spacial score (nSPS) is 11.5. The second-order valence-electron chi connectivity index (χ2n) is 1.73. The predicted octanol–water partition coefficient (Wildman–Crippen LogP) is 1.71. The van der Waals surface area contributed by atoms with Gasteiger partial charge in [0, 0.05) is 0 Å². The minimum Gasteiger partial charge on any atom is -0.466 e. The minimum absolute atomic E-state index is 1.03. The molecule has 0 aliphatic rings. The van der Waals surface area contributed by atoms with Crippen LogP contribution in [0.5, 0.6) is 0 Å². The SMILES string of the molecule is COC(=O)C(Cl)(Cl)C(=O)C(Cl)Cl. The molecule has 3 nitrogen and oxygen atoms in total. The molecule has 0 atom stereocenters. The Bertz CT molecular complexity index is 201. The summed E-state index contributed by atoms with van der Waals surface area (Å²) < 4.78 is 1.81. The molecule has 0 N–H and O–H groups in total. The van der Waals surface area contributed by atoms with Gasteiger partial charge >= 0.3 is 5.97 Å². The van der Waals surface area contributed by atoms with E-state index in [1.54, 1.807) is 0 Å². The largest absolute Gasteiger partial charge is 0.466 e. The second-order valence-corrected chi connectivity index (χ2v) is 4.15. The van der Waals surface area contributed by atoms with Gasteiger partial charge < -0.3 is 4.74 Å². The third kappa shape index (κ3) is 2.66. The standard InChI is InChI=1S/C5H4Cl4O3/c1-12-4(11)5(8,9)2(10)3(6)7/h3H,1H3. The van der Waals surface area contributed by atoms with Gasteiger partial charge in [0.15, 0.2) is 4.84 Å². The van der Waals surface area contributed by atoms with Crippen molar-refractivity contribution in [3.05, 3.63) is 0 Å². The molecule has 0 spiro atoms. The summed E-state index contributed by atoms with van der Waals surface area (Å²) in [5.41, 5.74) is 0. The zero-order chi connectivity index (χ0) is 9.94. The molecule has 0 amide bonds. The van der Waals surface area contributed by atoms with Crippen LogP contribution >= 0.6 is 46.4 Å². The highest BCUT2D eigenvalue weighted by molar-refractivity contribution is 6.72. The smallest absolute Gasteiger partial charge is 0.350 e. The fraction of sp³-hybridized carbons (Fsp3) is 0.600. The number of ketones is 1. The van der Waals surface area contributed by atoms with Gasteiger partial charge in [-0.15, -0.1) is 0 Å². The van der Waals surface area contributed by atoms with E-state index in [0.29, 0.717) is 0 Å². The zero-order valence-electron chi connectivity index (χ0n) is 5.81. The van der Waals surface area contributed by atoms with Gasteiger partial charge in [-0.25, -0.2) is 4.79 Å². The molecule has 0 aromatic heterocycles. The Morgan fingerprint density at radius 1 is 1.33 bits per heavy atom. The molecule has 7 heteroatoms. The van der Waals surface area contributed by atoms with Crippen LogP contribution in [0.3, 0.4) is 0 Å². The van der Waals surface area contributed by atoms with Crippen LogP contribution in [0.15, 0.2) is 0 Å². The molecule has 0 radical (unpaired) electrons. The van der Waals surface area contributed by atoms with Gasteiger partial charge in [0.25, 0.3) is 4.33 Å². The molecule has 0 aromatic carbocycles. The molecule has 12 heavy (non-hydrogen) atoms. The van der Waals surface area contributed by atoms with Crippen molar-refractivity contribution in [2.24, 2.45) is 0 Å². The maximum Gasteiger partial charge on any atom is 0.350 e. The number of halogens is 4. The Kier molecular flexibility index (Phi) is 4.62. The quantitative estimate of drug-likeness (QED) is 0.437. The van der Waals surface area contributed by atoms with Crippen LogP contribution in [0.25, 0.3) is 0 Å². The Hall–Kier alpha value is 0.300. The molecule has 0 bridgehead atoms. The summed E-state index contributed by atoms with van der Waals surface area (Å²) >= 11 is 20.9. The zero-order valence-corrected chi connectivity index (χ0v) is 8.84. The Balaban J connectivity index is 4.61. The maximum absolute atomic E-state index is 10.9. The Labute approximate surface area is 88.8 Å². The summed E-state index contributed by atoms with van der Waals surface area (Å²) in [5, 5.41) is 0. The molecule has 0 aliphatic carbocycles. The lowest BCUT2D eigenvalue weighted by Crippen LogP contribution is -2.39. The molecule has 0 heterocycles. The van der Waals surface area contributed by atoms with Crippen LogP contribution < -0.4 is 0 Å². The third-order valence-corrected chi connectivity index (χ3v) is 2.03. The molecule has 0 aliphatic heterocycles. The van der Waals surface area contributed by atoms with Crippen LogP contribution in [0.4, 0.5) is 0 Å². The topological polar surface area (TPSA) is 43.4 Å². The van der Waals surface area contributed by atoms with Crippen LogP contribution in [-0.4, -0.2) is 28.0 Å². The third-order valence-electron chi connectivity index (χ3n) is 0.949. The van der Waals surface area contributed by atoms with Crippen LogP contribution in [0.2, 0.25) is 0 Å². The molecule has 0 saturated heterocycles. The predicted molar refractivity (Wildman–Crippen MR) is 47.0 cm³/mol. The molecule has 0 fully saturated rings. The molecule has 0 rings (SSSR count). The lowest BCUT2D eigenvalue weighted by Gasteiger charge is -2.14. The van der Waals surface area contributed by atoms with Crippen molar-refractivity contribution in [3.8, 4) is 0 Å². The van der Waals surface area contributed by atoms with Crippen LogP contribution in [0, 0.1) is 0 Å². The van der Waals surface area contributed by atoms with E-state index in [1.807, 2.05) is 0 Å². The van der Waals surface area contributed by atoms with E-state index >= 15 is 0 Å². The van der Waals surface area contributed by atoms with E-state index in [-0.39, 0.29) is 0 Å². The van der Waals surface area contributed by atoms with E-state index in [4.69, 9.17) is 46.4 Å². The summed E-state index contributed by atoms with van der Waals surface area (Å²) in [6.45, 7) is 0. The van der Waals surface area contributed by atoms with E-state index in [2.05, 4.69) is 4.74 Å². The number of carbonyl (C=O) groups is 2. The van der Waals surface area contributed by atoms with E-state index in [0.717, 1.165) is 7.11 Å². The average molecular weight is 254 g/mol. The van der Waals surface area contributed by atoms with Crippen molar-refractivity contribution in [2.45, 2.75) is 9.17 Å². The van der Waals surface area contributed by atoms with Crippen molar-refractivity contribution >= 4 is 58.2 Å². The molecule has 0 saturated carbocycles. The van der Waals surface area contributed by atoms with E-state index in [1.165, 1.54) is 0 Å². The van der Waals surface area contributed by atoms with Crippen molar-refractivity contribution in [3.63, 3.8) is 0 Å². The number of alkyl halides is 4. The van der Waals surface area contributed by atoms with Gasteiger partial charge in [-0.3, -0.25) is 4.79 Å². The first kappa shape index (κ1) is 12.3. The van der Waals surface area contributed by atoms with Crippen molar-refractivity contribution in [2.75, 3.05) is 7.11 Å². The minimum atomic E-state index is -2.33. The first-order chi connectivity index (χ1) is 5.34. The number of Topliss-reactive ketones (excluding diaryl/α,β-unsaturated/α-hetero) is 1. The molecular formula is C5H4Cl4O3. The van der Waals surface area contributed by atoms with E-state index < -0.39 is 20.9 Å². The highest BCUT2D eigenvalue weighted by atomic mass is 35.5. The monoisotopic (exact) mass is 252 g/mol. The highest BCUT2D eigenvalue weighted by Gasteiger charge is 2.45. The Morgan fingerprint density at radius 3 is 2.00 bits per heavy atom. The molecule has 0 unspecified atom stereocenters. The number of rotatable bonds is 3. The van der Waals surface area contributed by atoms with Gasteiger partial charge in [-0.1, -0.05) is 46.4 Å². The van der Waals surface area contributed by atoms with Gasteiger partial charge in [-0.05, 0) is 0 Å². The fourth-order valence-corrected chi connectivity index (χ4v) is 1.29. The van der Waals surface area contributed by atoms with Crippen LogP contribution in [0.1, 0.15) is 0 Å². The summed E-state index contributed by atoms with van der Waals surface area (Å²) in [4.78, 5) is 20.2. The number of hydrogen-bond acceptors (Lipinski definition) is 3. The first-order valence-corrected chi connectivity index (χ1v) is 4.25. The van der Waals surface area contributed by atoms with Crippen molar-refractivity contribution in [1.29, 1.82) is 0 Å². The molecule has 70 valence electrons. The number of esters is 1. The number of hydrogen-bond donors (Lipinski definition) is 0. The summed E-state index contributed by atoms with van der Waals surface area (Å²) in [5.74, 6) is -2.14. The van der Waals surface area contributed by atoms with Gasteiger partial charge in [-0.2, -0.15) is 0 Å². The number of carbonyl (C=O) groups excluding carboxylic acids is 2. The van der Waals surface area contributed by atoms with E-state index in [9.17, 15) is 9.59 Å². The highest BCUT2D eigenvalue weighted by Crippen LogP contribution is 2.28. The summed E-state index contributed by atoms with van der Waals surface area (Å²) in [7, 11) is 1.03. The lowest BCUT2D eigenvalue weighted by atomic mass is 10.3. The van der Waals surface area contributed by atoms with Gasteiger partial charge in [0.05, 0.1) is 7.11 Å². The number of ether oxygens (including phenoxy) is 1. The van der Waals surface area contributed by atoms with Gasteiger partial charge in [0.1, 0.15) is 0 Å². The summed E-state index contributed by atoms with van der Waals surface area (Å²) in [6.07, 6.45) is 0. The lowest BCUT2D eigenvalue weighted by molar-refractivity contribution is -0.144. The first-order valence-electron chi connectivity index (χ1n) is 2.62. The summed E-state index contributed by atoms with van der Waals surface area (Å²) in [6, 6.07) is 0. The van der Waals surface area contributed by atoms with Gasteiger partial charge in [0.2, 0.25) is 5.78 Å². The maximum atomic E-state index is 10.9.